The van der Waals surface area contributed by atoms with Crippen LogP contribution in [0.1, 0.15) is 72.9 Å². The smallest absolute Gasteiger partial charge is 0.317 e. The van der Waals surface area contributed by atoms with Gasteiger partial charge in [0.15, 0.2) is 21.8 Å². The molecule has 1 N–H and O–H groups in total. The van der Waals surface area contributed by atoms with Gasteiger partial charge in [-0.2, -0.15) is 0 Å². The molecule has 0 aliphatic carbocycles. The number of likely N-dealkylation sites (N-methyl/N-ethyl adjacent to an activating group) is 2. The number of methoxy groups -OCH3 is 1. The van der Waals surface area contributed by atoms with Gasteiger partial charge in [0.05, 0.1) is 67.2 Å². The topological polar surface area (TPSA) is 215 Å². The molecule has 14 atom stereocenters. The fourth-order valence-electron chi connectivity index (χ4n) is 11.2. The number of halogens is 1. The summed E-state index contributed by atoms with van der Waals surface area (Å²) in [6.07, 6.45) is 7.98. The minimum atomic E-state index is -1.47. The maximum absolute atomic E-state index is 15.2. The summed E-state index contributed by atoms with van der Waals surface area (Å²) >= 11 is 1.93. The van der Waals surface area contributed by atoms with Gasteiger partial charge in [-0.25, -0.2) is 4.98 Å². The normalized spacial score (nSPS) is 34.8. The first kappa shape index (κ1) is 55.0. The molecule has 7 rings (SSSR count). The van der Waals surface area contributed by atoms with Crippen molar-refractivity contribution in [1.29, 1.82) is 0 Å². The molecule has 3 aromatic rings. The Kier molecular flexibility index (Phi) is 18.6. The van der Waals surface area contributed by atoms with Crippen LogP contribution in [0, 0.1) is 23.7 Å². The van der Waals surface area contributed by atoms with E-state index in [1.54, 1.807) is 39.5 Å². The Balaban J connectivity index is 1.09. The summed E-state index contributed by atoms with van der Waals surface area (Å²) in [5.41, 5.74) is -0.238. The van der Waals surface area contributed by atoms with Crippen LogP contribution >= 0.6 is 22.6 Å². The van der Waals surface area contributed by atoms with Crippen LogP contribution in [0.4, 0.5) is 0 Å². The Morgan fingerprint density at radius 2 is 1.82 bits per heavy atom. The van der Waals surface area contributed by atoms with Gasteiger partial charge in [0.2, 0.25) is 0 Å². The average molecular weight is 1100 g/mol. The van der Waals surface area contributed by atoms with Crippen LogP contribution in [0.15, 0.2) is 43.2 Å². The number of ketones is 2. The number of aliphatic hydroxyl groups excluding tert-OH is 1. The maximum atomic E-state index is 15.2. The number of cyclic esters (lactones) is 1. The molecule has 0 saturated carbocycles. The molecule has 21 heteroatoms. The number of aromatic nitrogens is 6. The van der Waals surface area contributed by atoms with Gasteiger partial charge in [-0.15, -0.1) is 5.10 Å². The second-order valence-electron chi connectivity index (χ2n) is 20.5. The molecular weight excluding hydrogens is 1030 g/mol. The van der Waals surface area contributed by atoms with E-state index in [2.05, 4.69) is 30.1 Å². The number of morpholine rings is 1. The monoisotopic (exact) mass is 1100 g/mol. The molecule has 392 valence electrons. The number of esters is 1. The van der Waals surface area contributed by atoms with Gasteiger partial charge in [-0.05, 0) is 102 Å². The number of carbonyl (C=O) groups is 4. The van der Waals surface area contributed by atoms with Crippen molar-refractivity contribution >= 4 is 46.6 Å². The lowest BCUT2D eigenvalue weighted by atomic mass is 9.65. The number of fused-ring (bicyclic) bond motifs is 1. The molecule has 1 unspecified atom stereocenters. The van der Waals surface area contributed by atoms with Crippen molar-refractivity contribution < 1.29 is 52.7 Å². The lowest BCUT2D eigenvalue weighted by Gasteiger charge is -2.59. The third-order valence-corrected chi connectivity index (χ3v) is 17.1. The third kappa shape index (κ3) is 12.4. The molecule has 3 aromatic heterocycles. The highest BCUT2D eigenvalue weighted by molar-refractivity contribution is 14.1. The molecule has 0 radical (unpaired) electrons. The predicted molar refractivity (Wildman–Crippen MR) is 268 cm³/mol. The number of alkyl halides is 1. The zero-order chi connectivity index (χ0) is 51.2. The second-order valence-corrected chi connectivity index (χ2v) is 21.6. The number of pyridine rings is 1. The number of likely N-dealkylation sites (tertiary alicyclic amines) is 1. The number of imidazole rings is 1. The van der Waals surface area contributed by atoms with E-state index in [1.807, 2.05) is 89.2 Å². The predicted octanol–water partition coefficient (Wildman–Crippen LogP) is 3.46. The molecule has 71 heavy (non-hydrogen) atoms. The molecule has 20 nitrogen and oxygen atoms in total. The first-order chi connectivity index (χ1) is 33.9. The van der Waals surface area contributed by atoms with E-state index in [1.165, 1.54) is 14.0 Å². The van der Waals surface area contributed by atoms with E-state index in [0.717, 1.165) is 56.3 Å². The summed E-state index contributed by atoms with van der Waals surface area (Å²) in [5, 5.41) is 20.9. The number of aryl methyl sites for hydroxylation is 1. The minimum absolute atomic E-state index is 0.0944. The molecule has 4 fully saturated rings. The van der Waals surface area contributed by atoms with E-state index in [0.29, 0.717) is 45.2 Å². The largest absolute Gasteiger partial charge is 0.455 e. The van der Waals surface area contributed by atoms with Gasteiger partial charge < -0.3 is 43.0 Å². The number of hydrogen-bond donors (Lipinski definition) is 1. The molecule has 0 amide bonds. The van der Waals surface area contributed by atoms with E-state index < -0.39 is 81.3 Å². The van der Waals surface area contributed by atoms with Crippen LogP contribution in [-0.2, 0) is 67.1 Å². The van der Waals surface area contributed by atoms with Gasteiger partial charge >= 0.3 is 5.97 Å². The highest BCUT2D eigenvalue weighted by Crippen LogP contribution is 2.48. The minimum Gasteiger partial charge on any atom is -0.455 e. The number of Topliss-reactive ketones (excluding diaryl/α,β-unsaturated/α-hetero) is 2. The lowest BCUT2D eigenvalue weighted by molar-refractivity contribution is -0.296. The summed E-state index contributed by atoms with van der Waals surface area (Å²) in [6.45, 7) is 16.8. The van der Waals surface area contributed by atoms with Crippen LogP contribution in [0.5, 0.6) is 0 Å². The second kappa shape index (κ2) is 24.0. The highest BCUT2D eigenvalue weighted by atomic mass is 127. The van der Waals surface area contributed by atoms with Gasteiger partial charge in [0, 0.05) is 101 Å². The van der Waals surface area contributed by atoms with E-state index in [-0.39, 0.29) is 24.3 Å². The quantitative estimate of drug-likeness (QED) is 0.0674. The van der Waals surface area contributed by atoms with Crippen LogP contribution in [0.25, 0.3) is 11.3 Å². The number of hydrogen-bond acceptors (Lipinski definition) is 18. The zero-order valence-electron chi connectivity index (χ0n) is 42.7. The average Bonchev–Trinajstić information content (AvgIpc) is 4.05. The van der Waals surface area contributed by atoms with Crippen molar-refractivity contribution in [2.24, 2.45) is 23.7 Å². The number of rotatable bonds is 17. The Hall–Kier alpha value is -3.81. The standard InChI is InChI=1S/C50H74IN9O11/c1-31-25-49(5,66-9)45(70-47-43(64)39(24-32(2)69-47)56(7)17-14-36-27-60(55-54-36)19-18-58-20-22-67-23-21-58)33(3)42(63)34(4)46(65)71-48(51)50(6,68-30-61)44-40(41(31)62)38(57(44)8)13-11-16-59-28-37(53-29-59)35-12-10-15-52-26-35/h10,12,15,26-34,38-40,43-45,47-48,64H,11,13-14,16-25H2,1-9H3/t31-,32-,33+,34-,38?,39+,40+,43-,44-,45-,47+,48+,49-,50+/m1/s1. The maximum Gasteiger partial charge on any atom is 0.317 e. The molecule has 7 heterocycles. The van der Waals surface area contributed by atoms with Crippen LogP contribution < -0.4 is 0 Å². The van der Waals surface area contributed by atoms with Gasteiger partial charge in [0.25, 0.3) is 6.47 Å². The third-order valence-electron chi connectivity index (χ3n) is 15.6. The van der Waals surface area contributed by atoms with Crippen LogP contribution in [-0.4, -0.2) is 192 Å². The van der Waals surface area contributed by atoms with Crippen molar-refractivity contribution in [2.75, 3.05) is 60.6 Å². The fraction of sp³-hybridized carbons (Fsp3) is 0.720. The summed E-state index contributed by atoms with van der Waals surface area (Å²) < 4.78 is 39.7. The number of nitrogens with zero attached hydrogens (tertiary/aromatic N) is 9. The number of ether oxygens (including phenoxy) is 6. The molecule has 4 aliphatic rings. The van der Waals surface area contributed by atoms with Crippen LogP contribution in [0.2, 0.25) is 0 Å². The van der Waals surface area contributed by atoms with Crippen molar-refractivity contribution in [1.82, 2.24) is 44.2 Å². The van der Waals surface area contributed by atoms with E-state index in [9.17, 15) is 19.5 Å². The molecule has 0 bridgehead atoms. The molecule has 4 aliphatic heterocycles. The zero-order valence-corrected chi connectivity index (χ0v) is 44.8. The Labute approximate surface area is 430 Å². The molecule has 0 spiro atoms. The SMILES string of the molecule is CO[C@]1(C)C[C@@H](C)C(=O)[C@@H]2C(CCCn3cnc(-c4cccnc4)c3)N(C)[C@H]2[C@](C)(OC=O)[C@@H](I)OC(=O)[C@H](C)C(=O)[C@H](C)[C@H]1O[C@@H]1O[C@H](C)C[C@H](N(C)CCc2cn(CCN3CCOCC3)nn2)[C@H]1O. The van der Waals surface area contributed by atoms with Gasteiger partial charge in [0.1, 0.15) is 17.8 Å². The summed E-state index contributed by atoms with van der Waals surface area (Å²) in [6, 6.07) is 2.49. The number of carbonyl (C=O) groups excluding carboxylic acids is 4. The van der Waals surface area contributed by atoms with Crippen LogP contribution in [0.3, 0.4) is 0 Å². The Morgan fingerprint density at radius 3 is 2.52 bits per heavy atom. The Morgan fingerprint density at radius 1 is 1.06 bits per heavy atom. The molecule has 0 aromatic carbocycles. The number of aliphatic hydroxyl groups is 1. The summed E-state index contributed by atoms with van der Waals surface area (Å²) in [5.74, 6) is -4.99. The summed E-state index contributed by atoms with van der Waals surface area (Å²) in [4.78, 5) is 71.3. The van der Waals surface area contributed by atoms with Crippen molar-refractivity contribution in [3.8, 4) is 11.3 Å². The van der Waals surface area contributed by atoms with Gasteiger partial charge in [-0.1, -0.05) is 19.1 Å². The van der Waals surface area contributed by atoms with E-state index >= 15 is 4.79 Å². The van der Waals surface area contributed by atoms with Crippen molar-refractivity contribution in [3.63, 3.8) is 0 Å². The van der Waals surface area contributed by atoms with Crippen molar-refractivity contribution in [2.45, 2.75) is 145 Å². The first-order valence-electron chi connectivity index (χ1n) is 25.0. The Bertz CT molecular complexity index is 2250. The van der Waals surface area contributed by atoms with Gasteiger partial charge in [-0.3, -0.25) is 38.6 Å². The molecule has 4 saturated heterocycles. The fourth-order valence-corrected chi connectivity index (χ4v) is 12.0. The molecular formula is C50H74IN9O11. The van der Waals surface area contributed by atoms with E-state index in [4.69, 9.17) is 28.4 Å². The lowest BCUT2D eigenvalue weighted by Crippen LogP contribution is -2.75. The first-order valence-corrected chi connectivity index (χ1v) is 26.2. The highest BCUT2D eigenvalue weighted by Gasteiger charge is 2.63. The van der Waals surface area contributed by atoms with Crippen molar-refractivity contribution in [3.05, 3.63) is 48.9 Å². The summed E-state index contributed by atoms with van der Waals surface area (Å²) in [7, 11) is 5.34.